The van der Waals surface area contributed by atoms with Crippen LogP contribution in [0.25, 0.3) is 0 Å². The van der Waals surface area contributed by atoms with Crippen molar-refractivity contribution in [3.63, 3.8) is 0 Å². The summed E-state index contributed by atoms with van der Waals surface area (Å²) in [6.07, 6.45) is 1.64. The van der Waals surface area contributed by atoms with E-state index in [1.807, 2.05) is 0 Å². The summed E-state index contributed by atoms with van der Waals surface area (Å²) in [7, 11) is -4.22. The van der Waals surface area contributed by atoms with E-state index in [9.17, 15) is 12.8 Å². The molecule has 1 aromatic carbocycles. The van der Waals surface area contributed by atoms with Gasteiger partial charge in [-0.1, -0.05) is 24.3 Å². The van der Waals surface area contributed by atoms with Gasteiger partial charge in [0, 0.05) is 0 Å². The molecule has 0 heterocycles. The molecule has 1 rings (SSSR count). The summed E-state index contributed by atoms with van der Waals surface area (Å²) in [4.78, 5) is -0.182. The van der Waals surface area contributed by atoms with E-state index < -0.39 is 10.1 Å². The third-order valence-corrected chi connectivity index (χ3v) is 2.63. The number of benzene rings is 1. The Labute approximate surface area is 81.6 Å². The first-order valence-corrected chi connectivity index (χ1v) is 5.30. The van der Waals surface area contributed by atoms with Crippen LogP contribution in [-0.4, -0.2) is 13.0 Å². The Morgan fingerprint density at radius 2 is 2.00 bits per heavy atom. The Bertz CT molecular complexity index is 437. The lowest BCUT2D eigenvalue weighted by molar-refractivity contribution is 0.482. The zero-order chi connectivity index (χ0) is 10.6. The van der Waals surface area contributed by atoms with E-state index in [0.29, 0.717) is 11.9 Å². The molecule has 0 aromatic heterocycles. The predicted octanol–water partition coefficient (Wildman–Crippen LogP) is 1.96. The van der Waals surface area contributed by atoms with Crippen molar-refractivity contribution in [3.8, 4) is 0 Å². The minimum Gasteiger partial charge on any atom is -0.282 e. The van der Waals surface area contributed by atoms with E-state index >= 15 is 0 Å². The first-order valence-electron chi connectivity index (χ1n) is 3.86. The molecule has 0 aliphatic carbocycles. The Morgan fingerprint density at radius 3 is 2.57 bits per heavy atom. The van der Waals surface area contributed by atoms with Gasteiger partial charge in [-0.15, -0.1) is 0 Å². The van der Waals surface area contributed by atoms with Crippen LogP contribution in [0.1, 0.15) is 5.56 Å². The van der Waals surface area contributed by atoms with Gasteiger partial charge in [0.25, 0.3) is 10.1 Å². The zero-order valence-electron chi connectivity index (χ0n) is 7.22. The highest BCUT2D eigenvalue weighted by Gasteiger charge is 2.12. The molecule has 0 unspecified atom stereocenters. The highest BCUT2D eigenvalue weighted by molar-refractivity contribution is 7.85. The fourth-order valence-electron chi connectivity index (χ4n) is 1.10. The van der Waals surface area contributed by atoms with Gasteiger partial charge in [-0.05, 0) is 18.1 Å². The molecule has 0 amide bonds. The van der Waals surface area contributed by atoms with E-state index in [-0.39, 0.29) is 11.3 Å². The fourth-order valence-corrected chi connectivity index (χ4v) is 1.83. The van der Waals surface area contributed by atoms with Crippen LogP contribution in [0.4, 0.5) is 4.39 Å². The zero-order valence-corrected chi connectivity index (χ0v) is 8.04. The normalized spacial score (nSPS) is 12.1. The minimum absolute atomic E-state index is 0.131. The molecule has 1 aromatic rings. The second-order valence-corrected chi connectivity index (χ2v) is 4.04. The minimum atomic E-state index is -4.22. The van der Waals surface area contributed by atoms with Gasteiger partial charge in [0.15, 0.2) is 0 Å². The highest BCUT2D eigenvalue weighted by atomic mass is 32.2. The van der Waals surface area contributed by atoms with Crippen LogP contribution >= 0.6 is 0 Å². The summed E-state index contributed by atoms with van der Waals surface area (Å²) in [5.74, 6) is 0. The summed E-state index contributed by atoms with van der Waals surface area (Å²) >= 11 is 0. The Kier molecular flexibility index (Phi) is 3.38. The van der Waals surface area contributed by atoms with E-state index in [1.165, 1.54) is 24.3 Å². The fraction of sp³-hybridized carbons (Fsp3) is 0.111. The summed E-state index contributed by atoms with van der Waals surface area (Å²) in [5, 5.41) is 0. The Balaban J connectivity index is 3.16. The molecule has 0 saturated carbocycles. The summed E-state index contributed by atoms with van der Waals surface area (Å²) in [6, 6.07) is 5.90. The highest BCUT2D eigenvalue weighted by Crippen LogP contribution is 2.15. The molecule has 3 nitrogen and oxygen atoms in total. The molecule has 0 radical (unpaired) electrons. The predicted molar refractivity (Wildman–Crippen MR) is 50.2 cm³/mol. The van der Waals surface area contributed by atoms with Crippen LogP contribution in [0.15, 0.2) is 41.6 Å². The van der Waals surface area contributed by atoms with Gasteiger partial charge >= 0.3 is 0 Å². The number of rotatable bonds is 3. The molecule has 0 aliphatic rings. The molecular formula is C9H9FO3S. The number of halogens is 1. The molecule has 0 aliphatic heterocycles. The smallest absolute Gasteiger partial charge is 0.282 e. The second kappa shape index (κ2) is 4.34. The van der Waals surface area contributed by atoms with Crippen molar-refractivity contribution < 1.29 is 17.4 Å². The van der Waals surface area contributed by atoms with Gasteiger partial charge in [-0.2, -0.15) is 8.42 Å². The quantitative estimate of drug-likeness (QED) is 0.786. The number of hydrogen-bond acceptors (Lipinski definition) is 2. The van der Waals surface area contributed by atoms with Crippen LogP contribution < -0.4 is 0 Å². The van der Waals surface area contributed by atoms with E-state index in [2.05, 4.69) is 0 Å². The largest absolute Gasteiger partial charge is 0.294 e. The van der Waals surface area contributed by atoms with E-state index in [1.54, 1.807) is 6.07 Å². The third kappa shape index (κ3) is 2.65. The van der Waals surface area contributed by atoms with Crippen molar-refractivity contribution >= 4 is 10.1 Å². The van der Waals surface area contributed by atoms with Gasteiger partial charge in [0.2, 0.25) is 0 Å². The first kappa shape index (κ1) is 10.9. The van der Waals surface area contributed by atoms with Crippen molar-refractivity contribution in [1.29, 1.82) is 0 Å². The maximum Gasteiger partial charge on any atom is 0.294 e. The first-order chi connectivity index (χ1) is 6.55. The van der Waals surface area contributed by atoms with Crippen molar-refractivity contribution in [1.82, 2.24) is 0 Å². The van der Waals surface area contributed by atoms with E-state index in [4.69, 9.17) is 4.55 Å². The van der Waals surface area contributed by atoms with Crippen LogP contribution in [0, 0.1) is 0 Å². The Hall–Kier alpha value is -1.20. The van der Waals surface area contributed by atoms with Crippen LogP contribution in [0.2, 0.25) is 0 Å². The summed E-state index contributed by atoms with van der Waals surface area (Å²) in [5.41, 5.74) is 0.365. The second-order valence-electron chi connectivity index (χ2n) is 2.65. The molecule has 5 heteroatoms. The standard InChI is InChI=1S/C9H9FO3S/c10-7-3-5-8-4-1-2-6-9(8)14(11,12)13/h1-4,6-7H,5H2,(H,11,12,13). The SMILES string of the molecule is O=S(=O)(O)c1ccccc1CC=CF. The van der Waals surface area contributed by atoms with Gasteiger partial charge in [-0.3, -0.25) is 4.55 Å². The lowest BCUT2D eigenvalue weighted by atomic mass is 10.1. The molecule has 1 N–H and O–H groups in total. The van der Waals surface area contributed by atoms with Crippen LogP contribution in [-0.2, 0) is 16.5 Å². The molecule has 0 fully saturated rings. The average molecular weight is 216 g/mol. The van der Waals surface area contributed by atoms with Crippen molar-refractivity contribution in [2.24, 2.45) is 0 Å². The van der Waals surface area contributed by atoms with Gasteiger partial charge < -0.3 is 0 Å². The molecule has 0 bridgehead atoms. The maximum atomic E-state index is 11.7. The van der Waals surface area contributed by atoms with Gasteiger partial charge in [0.05, 0.1) is 11.2 Å². The van der Waals surface area contributed by atoms with Gasteiger partial charge in [0.1, 0.15) is 0 Å². The summed E-state index contributed by atoms with van der Waals surface area (Å²) in [6.45, 7) is 0. The van der Waals surface area contributed by atoms with Crippen molar-refractivity contribution in [2.45, 2.75) is 11.3 Å². The molecule has 76 valence electrons. The van der Waals surface area contributed by atoms with E-state index in [0.717, 1.165) is 0 Å². The monoisotopic (exact) mass is 216 g/mol. The lowest BCUT2D eigenvalue weighted by Crippen LogP contribution is -2.02. The average Bonchev–Trinajstić information content (AvgIpc) is 2.14. The topological polar surface area (TPSA) is 54.4 Å². The molecule has 0 spiro atoms. The van der Waals surface area contributed by atoms with Crippen LogP contribution in [0.3, 0.4) is 0 Å². The molecule has 14 heavy (non-hydrogen) atoms. The van der Waals surface area contributed by atoms with Crippen molar-refractivity contribution in [2.75, 3.05) is 0 Å². The van der Waals surface area contributed by atoms with Gasteiger partial charge in [-0.25, -0.2) is 4.39 Å². The third-order valence-electron chi connectivity index (χ3n) is 1.68. The Morgan fingerprint density at radius 1 is 1.36 bits per heavy atom. The maximum absolute atomic E-state index is 11.7. The molecule has 0 saturated heterocycles. The van der Waals surface area contributed by atoms with Crippen molar-refractivity contribution in [3.05, 3.63) is 42.2 Å². The summed E-state index contributed by atoms with van der Waals surface area (Å²) < 4.78 is 42.2. The van der Waals surface area contributed by atoms with Crippen LogP contribution in [0.5, 0.6) is 0 Å². The number of allylic oxidation sites excluding steroid dienone is 1. The molecule has 0 atom stereocenters. The number of hydrogen-bond donors (Lipinski definition) is 1. The lowest BCUT2D eigenvalue weighted by Gasteiger charge is -2.02. The molecular weight excluding hydrogens is 207 g/mol.